The molecule has 5 nitrogen and oxygen atoms in total. The molecule has 7 heteroatoms. The molecule has 1 aromatic rings. The van der Waals surface area contributed by atoms with Gasteiger partial charge in [-0.3, -0.25) is 4.79 Å². The van der Waals surface area contributed by atoms with Crippen molar-refractivity contribution in [1.82, 2.24) is 4.72 Å². The number of carbonyl (C=O) groups is 1. The molecule has 1 aliphatic heterocycles. The van der Waals surface area contributed by atoms with Crippen molar-refractivity contribution in [3.63, 3.8) is 0 Å². The molecule has 1 aromatic carbocycles. The van der Waals surface area contributed by atoms with E-state index in [-0.39, 0.29) is 11.8 Å². The average molecular weight is 395 g/mol. The molecular weight excluding hydrogens is 368 g/mol. The van der Waals surface area contributed by atoms with Gasteiger partial charge in [-0.25, -0.2) is 13.1 Å². The summed E-state index contributed by atoms with van der Waals surface area (Å²) in [6, 6.07) is 5.16. The lowest BCUT2D eigenvalue weighted by Crippen LogP contribution is -2.30. The summed E-state index contributed by atoms with van der Waals surface area (Å²) in [5.74, 6) is 1.20. The second kappa shape index (κ2) is 7.52. The van der Waals surface area contributed by atoms with Gasteiger partial charge in [-0.1, -0.05) is 12.8 Å². The summed E-state index contributed by atoms with van der Waals surface area (Å²) in [7, 11) is -3.49. The van der Waals surface area contributed by atoms with Crippen LogP contribution in [0.5, 0.6) is 0 Å². The predicted molar refractivity (Wildman–Crippen MR) is 105 cm³/mol. The molecule has 26 heavy (non-hydrogen) atoms. The van der Waals surface area contributed by atoms with Gasteiger partial charge in [0.2, 0.25) is 15.9 Å². The van der Waals surface area contributed by atoms with E-state index in [1.54, 1.807) is 18.2 Å². The van der Waals surface area contributed by atoms with Crippen LogP contribution < -0.4 is 9.62 Å². The third kappa shape index (κ3) is 3.94. The number of benzene rings is 1. The molecular formula is C19H26N2O3S2. The molecule has 1 N–H and O–H groups in total. The molecule has 0 saturated heterocycles. The zero-order chi connectivity index (χ0) is 18.1. The first-order chi connectivity index (χ1) is 12.5. The van der Waals surface area contributed by atoms with Crippen LogP contribution in [0, 0.1) is 5.92 Å². The molecule has 142 valence electrons. The van der Waals surface area contributed by atoms with Crippen molar-refractivity contribution in [2.75, 3.05) is 23.7 Å². The van der Waals surface area contributed by atoms with Crippen LogP contribution in [-0.4, -0.2) is 38.4 Å². The molecule has 0 radical (unpaired) electrons. The number of thioether (sulfide) groups is 1. The fraction of sp³-hybridized carbons (Fsp3) is 0.632. The van der Waals surface area contributed by atoms with Crippen LogP contribution in [0.3, 0.4) is 0 Å². The fourth-order valence-corrected chi connectivity index (χ4v) is 6.30. The van der Waals surface area contributed by atoms with E-state index in [4.69, 9.17) is 0 Å². The maximum atomic E-state index is 12.6. The number of sulfonamides is 1. The van der Waals surface area contributed by atoms with E-state index in [1.165, 1.54) is 25.7 Å². The number of rotatable bonds is 7. The summed E-state index contributed by atoms with van der Waals surface area (Å²) in [6.07, 6.45) is 7.84. The first-order valence-corrected chi connectivity index (χ1v) is 12.1. The van der Waals surface area contributed by atoms with Gasteiger partial charge in [0, 0.05) is 35.7 Å². The number of nitrogens with one attached hydrogen (secondary N) is 1. The van der Waals surface area contributed by atoms with Gasteiger partial charge in [-0.15, -0.1) is 0 Å². The number of hydrogen-bond acceptors (Lipinski definition) is 4. The maximum absolute atomic E-state index is 12.6. The van der Waals surface area contributed by atoms with Crippen LogP contribution in [0.15, 0.2) is 23.1 Å². The normalized spacial score (nSPS) is 20.5. The Morgan fingerprint density at radius 3 is 2.69 bits per heavy atom. The smallest absolute Gasteiger partial charge is 0.240 e. The van der Waals surface area contributed by atoms with Crippen molar-refractivity contribution in [3.8, 4) is 0 Å². The summed E-state index contributed by atoms with van der Waals surface area (Å²) in [5.41, 5.74) is 1.85. The van der Waals surface area contributed by atoms with Crippen LogP contribution in [-0.2, 0) is 21.2 Å². The number of nitrogens with zero attached hydrogens (tertiary/aromatic N) is 1. The lowest BCUT2D eigenvalue weighted by molar-refractivity contribution is -0.119. The van der Waals surface area contributed by atoms with E-state index < -0.39 is 10.0 Å². The van der Waals surface area contributed by atoms with Gasteiger partial charge >= 0.3 is 0 Å². The van der Waals surface area contributed by atoms with Crippen molar-refractivity contribution < 1.29 is 13.2 Å². The molecule has 1 heterocycles. The second-order valence-electron chi connectivity index (χ2n) is 7.48. The van der Waals surface area contributed by atoms with Gasteiger partial charge < -0.3 is 4.90 Å². The molecule has 0 unspecified atom stereocenters. The average Bonchev–Trinajstić information content (AvgIpc) is 3.19. The summed E-state index contributed by atoms with van der Waals surface area (Å²) in [5, 5.41) is 0.703. The quantitative estimate of drug-likeness (QED) is 0.722. The van der Waals surface area contributed by atoms with E-state index in [2.05, 4.69) is 4.72 Å². The van der Waals surface area contributed by atoms with E-state index >= 15 is 0 Å². The van der Waals surface area contributed by atoms with E-state index in [9.17, 15) is 13.2 Å². The van der Waals surface area contributed by atoms with Gasteiger partial charge in [0.15, 0.2) is 0 Å². The lowest BCUT2D eigenvalue weighted by Gasteiger charge is -2.17. The SMILES string of the molecule is O=C(C1CC1)N1CCc2cc(S(=O)(=O)NCCSC3CCCC3)ccc21. The van der Waals surface area contributed by atoms with Crippen LogP contribution in [0.4, 0.5) is 5.69 Å². The van der Waals surface area contributed by atoms with Crippen LogP contribution in [0.25, 0.3) is 0 Å². The van der Waals surface area contributed by atoms with Gasteiger partial charge in [-0.2, -0.15) is 11.8 Å². The summed E-state index contributed by atoms with van der Waals surface area (Å²) < 4.78 is 27.8. The monoisotopic (exact) mass is 394 g/mol. The third-order valence-electron chi connectivity index (χ3n) is 5.50. The molecule has 0 bridgehead atoms. The summed E-state index contributed by atoms with van der Waals surface area (Å²) >= 11 is 1.88. The Labute approximate surface area is 160 Å². The lowest BCUT2D eigenvalue weighted by atomic mass is 10.2. The maximum Gasteiger partial charge on any atom is 0.240 e. The highest BCUT2D eigenvalue weighted by atomic mass is 32.2. The van der Waals surface area contributed by atoms with Crippen LogP contribution in [0.2, 0.25) is 0 Å². The first kappa shape index (κ1) is 18.3. The standard InChI is InChI=1S/C19H26N2O3S2/c22-19(14-5-6-14)21-11-9-15-13-17(7-8-18(15)21)26(23,24)20-10-12-25-16-3-1-2-4-16/h7-8,13-14,16,20H,1-6,9-12H2. The van der Waals surface area contributed by atoms with Crippen molar-refractivity contribution in [3.05, 3.63) is 23.8 Å². The topological polar surface area (TPSA) is 66.5 Å². The molecule has 2 aliphatic carbocycles. The van der Waals surface area contributed by atoms with Gasteiger partial charge in [0.25, 0.3) is 0 Å². The van der Waals surface area contributed by atoms with Crippen molar-refractivity contribution in [1.29, 1.82) is 0 Å². The Morgan fingerprint density at radius 1 is 1.19 bits per heavy atom. The van der Waals surface area contributed by atoms with E-state index in [0.717, 1.165) is 36.3 Å². The summed E-state index contributed by atoms with van der Waals surface area (Å²) in [6.45, 7) is 1.13. The molecule has 1 amide bonds. The molecule has 3 aliphatic rings. The molecule has 0 aromatic heterocycles. The van der Waals surface area contributed by atoms with Crippen molar-refractivity contribution >= 4 is 33.4 Å². The number of hydrogen-bond donors (Lipinski definition) is 1. The third-order valence-corrected chi connectivity index (χ3v) is 8.34. The van der Waals surface area contributed by atoms with Gasteiger partial charge in [-0.05, 0) is 55.9 Å². The number of amides is 1. The van der Waals surface area contributed by atoms with Crippen LogP contribution >= 0.6 is 11.8 Å². The Bertz CT molecular complexity index is 784. The predicted octanol–water partition coefficient (Wildman–Crippen LogP) is 2.94. The number of anilines is 1. The molecule has 2 saturated carbocycles. The highest BCUT2D eigenvalue weighted by Crippen LogP contribution is 2.37. The largest absolute Gasteiger partial charge is 0.312 e. The minimum Gasteiger partial charge on any atom is -0.312 e. The second-order valence-corrected chi connectivity index (χ2v) is 10.7. The number of fused-ring (bicyclic) bond motifs is 1. The molecule has 0 atom stereocenters. The Balaban J connectivity index is 1.37. The Morgan fingerprint density at radius 2 is 1.96 bits per heavy atom. The first-order valence-electron chi connectivity index (χ1n) is 9.60. The zero-order valence-electron chi connectivity index (χ0n) is 14.9. The van der Waals surface area contributed by atoms with E-state index in [1.807, 2.05) is 16.7 Å². The number of carbonyl (C=O) groups excluding carboxylic acids is 1. The van der Waals surface area contributed by atoms with Gasteiger partial charge in [0.05, 0.1) is 4.90 Å². The Kier molecular flexibility index (Phi) is 5.30. The molecule has 0 spiro atoms. The molecule has 2 fully saturated rings. The molecule has 4 rings (SSSR count). The highest BCUT2D eigenvalue weighted by molar-refractivity contribution is 8.00. The van der Waals surface area contributed by atoms with Crippen molar-refractivity contribution in [2.24, 2.45) is 5.92 Å². The minimum absolute atomic E-state index is 0.184. The summed E-state index contributed by atoms with van der Waals surface area (Å²) in [4.78, 5) is 14.5. The highest BCUT2D eigenvalue weighted by Gasteiger charge is 2.36. The van der Waals surface area contributed by atoms with E-state index in [0.29, 0.717) is 23.2 Å². The fourth-order valence-electron chi connectivity index (χ4n) is 3.86. The Hall–Kier alpha value is -1.05. The minimum atomic E-state index is -3.49. The zero-order valence-corrected chi connectivity index (χ0v) is 16.6. The van der Waals surface area contributed by atoms with Crippen LogP contribution in [0.1, 0.15) is 44.1 Å². The van der Waals surface area contributed by atoms with Crippen molar-refractivity contribution in [2.45, 2.75) is 55.1 Å². The van der Waals surface area contributed by atoms with Gasteiger partial charge in [0.1, 0.15) is 0 Å².